The Morgan fingerprint density at radius 2 is 1.85 bits per heavy atom. The smallest absolute Gasteiger partial charge is 0.262 e. The van der Waals surface area contributed by atoms with Gasteiger partial charge in [0.15, 0.2) is 5.78 Å². The van der Waals surface area contributed by atoms with Crippen LogP contribution in [0.25, 0.3) is 10.1 Å². The third kappa shape index (κ3) is 5.41. The number of thiophene rings is 1. The van der Waals surface area contributed by atoms with Crippen molar-refractivity contribution in [2.45, 2.75) is 43.4 Å². The molecule has 0 radical (unpaired) electrons. The lowest BCUT2D eigenvalue weighted by atomic mass is 9.69. The van der Waals surface area contributed by atoms with Gasteiger partial charge < -0.3 is 42.6 Å². The number of amides is 2. The topological polar surface area (TPSA) is 189 Å². The summed E-state index contributed by atoms with van der Waals surface area (Å²) in [6.07, 6.45) is 1.39. The van der Waals surface area contributed by atoms with E-state index in [2.05, 4.69) is 5.32 Å². The molecule has 240 valence electrons. The molecule has 0 bridgehead atoms. The fourth-order valence-electron chi connectivity index (χ4n) is 6.63. The number of Topliss-reactive ketones (excluding diaryl/α,β-unsaturated/α-hetero) is 1. The van der Waals surface area contributed by atoms with E-state index in [9.17, 15) is 14.4 Å². The monoisotopic (exact) mass is 642 g/mol. The minimum absolute atomic E-state index is 0.112. The lowest BCUT2D eigenvalue weighted by molar-refractivity contribution is -0.135. The Morgan fingerprint density at radius 3 is 2.57 bits per heavy atom. The molecule has 12 heteroatoms. The third-order valence-electron chi connectivity index (χ3n) is 8.85. The summed E-state index contributed by atoms with van der Waals surface area (Å²) in [6.45, 7) is 2.85. The van der Waals surface area contributed by atoms with E-state index in [1.165, 1.54) is 18.4 Å². The van der Waals surface area contributed by atoms with Gasteiger partial charge in [0.25, 0.3) is 5.91 Å². The van der Waals surface area contributed by atoms with Gasteiger partial charge >= 0.3 is 0 Å². The van der Waals surface area contributed by atoms with Crippen LogP contribution < -0.4 is 33.0 Å². The number of piperidine rings is 1. The Morgan fingerprint density at radius 1 is 1.11 bits per heavy atom. The van der Waals surface area contributed by atoms with Crippen molar-refractivity contribution in [2.75, 3.05) is 32.5 Å². The highest BCUT2D eigenvalue weighted by Gasteiger charge is 2.49. The number of ketones is 1. The maximum atomic E-state index is 14.3. The molecule has 2 heterocycles. The van der Waals surface area contributed by atoms with Gasteiger partial charge in [-0.15, -0.1) is 11.3 Å². The Kier molecular flexibility index (Phi) is 8.57. The zero-order chi connectivity index (χ0) is 32.7. The number of benzene rings is 3. The molecular weight excluding hydrogens is 604 g/mol. The molecule has 11 nitrogen and oxygen atoms in total. The van der Waals surface area contributed by atoms with Crippen LogP contribution in [-0.4, -0.2) is 61.4 Å². The zero-order valence-corrected chi connectivity index (χ0v) is 26.6. The summed E-state index contributed by atoms with van der Waals surface area (Å²) in [5.74, 6) is 0.249. The molecule has 1 aliphatic carbocycles. The van der Waals surface area contributed by atoms with Crippen molar-refractivity contribution in [3.05, 3.63) is 87.8 Å². The molecule has 0 spiro atoms. The van der Waals surface area contributed by atoms with Gasteiger partial charge in [-0.1, -0.05) is 30.3 Å². The number of hydrogen-bond donors (Lipinski definition) is 5. The number of para-hydroxylation sites is 1. The molecule has 2 aliphatic rings. The number of methoxy groups -OCH3 is 1. The first-order valence-corrected chi connectivity index (χ1v) is 16.0. The highest BCUT2D eigenvalue weighted by molar-refractivity contribution is 7.21. The predicted octanol–water partition coefficient (Wildman–Crippen LogP) is 3.06. The van der Waals surface area contributed by atoms with Gasteiger partial charge in [0.1, 0.15) is 23.1 Å². The number of nitrogens with zero attached hydrogens (tertiary/aromatic N) is 1. The molecule has 6 rings (SSSR count). The van der Waals surface area contributed by atoms with E-state index in [4.69, 9.17) is 32.4 Å². The van der Waals surface area contributed by atoms with Crippen LogP contribution in [-0.2, 0) is 19.9 Å². The van der Waals surface area contributed by atoms with Gasteiger partial charge in [0.05, 0.1) is 22.2 Å². The van der Waals surface area contributed by atoms with Gasteiger partial charge in [0.2, 0.25) is 5.91 Å². The lowest BCUT2D eigenvalue weighted by Crippen LogP contribution is -2.54. The number of nitrogen functional groups attached to an aromatic ring is 1. The van der Waals surface area contributed by atoms with Crippen LogP contribution in [0, 0.1) is 6.92 Å². The van der Waals surface area contributed by atoms with Gasteiger partial charge in [-0.05, 0) is 66.8 Å². The Bertz CT molecular complexity index is 1830. The molecule has 3 aromatic carbocycles. The molecule has 1 saturated heterocycles. The molecule has 0 saturated carbocycles. The number of carbonyl (C=O) groups is 3. The zero-order valence-electron chi connectivity index (χ0n) is 25.7. The van der Waals surface area contributed by atoms with Crippen molar-refractivity contribution in [3.63, 3.8) is 0 Å². The number of rotatable bonds is 8. The summed E-state index contributed by atoms with van der Waals surface area (Å²) in [5, 5.41) is 3.69. The number of nitrogens with one attached hydrogen (secondary N) is 1. The third-order valence-corrected chi connectivity index (χ3v) is 10.1. The summed E-state index contributed by atoms with van der Waals surface area (Å²) in [4.78, 5) is 42.9. The van der Waals surface area contributed by atoms with Crippen LogP contribution in [0.3, 0.4) is 0 Å². The fraction of sp³-hybridized carbons (Fsp3) is 0.324. The van der Waals surface area contributed by atoms with Crippen molar-refractivity contribution >= 4 is 44.7 Å². The molecular formula is C34H38N6O5S. The van der Waals surface area contributed by atoms with Crippen LogP contribution in [0.2, 0.25) is 0 Å². The fourth-order valence-corrected chi connectivity index (χ4v) is 7.83. The lowest BCUT2D eigenvalue weighted by Gasteiger charge is -2.37. The van der Waals surface area contributed by atoms with E-state index in [1.807, 2.05) is 43.3 Å². The van der Waals surface area contributed by atoms with Crippen molar-refractivity contribution in [1.82, 2.24) is 10.2 Å². The Labute approximate surface area is 270 Å². The van der Waals surface area contributed by atoms with E-state index in [1.54, 1.807) is 29.2 Å². The number of anilines is 1. The highest BCUT2D eigenvalue weighted by Crippen LogP contribution is 2.50. The van der Waals surface area contributed by atoms with Gasteiger partial charge in [-0.2, -0.15) is 0 Å². The van der Waals surface area contributed by atoms with Crippen molar-refractivity contribution in [3.8, 4) is 11.5 Å². The van der Waals surface area contributed by atoms with Gasteiger partial charge in [-0.25, -0.2) is 0 Å². The van der Waals surface area contributed by atoms with E-state index in [-0.39, 0.29) is 24.5 Å². The molecule has 4 aromatic rings. The van der Waals surface area contributed by atoms with E-state index in [0.29, 0.717) is 74.8 Å². The van der Waals surface area contributed by atoms with Crippen LogP contribution >= 0.6 is 11.3 Å². The van der Waals surface area contributed by atoms with Gasteiger partial charge in [-0.3, -0.25) is 14.4 Å². The first-order valence-electron chi connectivity index (χ1n) is 15.2. The molecule has 46 heavy (non-hydrogen) atoms. The highest BCUT2D eigenvalue weighted by atomic mass is 32.1. The SMILES string of the molecule is COC[C@@H](N)C(=O)N1CCC[C@@H](NC(=O)c2sc3c(N)ccc4c3c2C(N)C(=O)C4(N)c2ccc(Oc3ccccc3)cc2C)C1. The molecule has 9 N–H and O–H groups in total. The summed E-state index contributed by atoms with van der Waals surface area (Å²) in [5.41, 5.74) is 27.3. The largest absolute Gasteiger partial charge is 0.457 e. The first-order chi connectivity index (χ1) is 22.0. The molecule has 1 aliphatic heterocycles. The predicted molar refractivity (Wildman–Crippen MR) is 178 cm³/mol. The number of ether oxygens (including phenoxy) is 2. The summed E-state index contributed by atoms with van der Waals surface area (Å²) < 4.78 is 11.7. The van der Waals surface area contributed by atoms with Crippen LogP contribution in [0.1, 0.15) is 50.8 Å². The van der Waals surface area contributed by atoms with Crippen LogP contribution in [0.15, 0.2) is 60.7 Å². The van der Waals surface area contributed by atoms with E-state index in [0.717, 1.165) is 5.56 Å². The molecule has 4 atom stereocenters. The van der Waals surface area contributed by atoms with Crippen LogP contribution in [0.5, 0.6) is 11.5 Å². The van der Waals surface area contributed by atoms with Crippen molar-refractivity contribution in [1.29, 1.82) is 0 Å². The number of aryl methyl sites for hydroxylation is 1. The van der Waals surface area contributed by atoms with Crippen LogP contribution in [0.4, 0.5) is 5.69 Å². The second kappa shape index (κ2) is 12.5. The minimum Gasteiger partial charge on any atom is -0.457 e. The number of hydrogen-bond acceptors (Lipinski definition) is 10. The van der Waals surface area contributed by atoms with Gasteiger partial charge in [0, 0.05) is 42.9 Å². The van der Waals surface area contributed by atoms with E-state index >= 15 is 0 Å². The quantitative estimate of drug-likeness (QED) is 0.180. The number of carbonyl (C=O) groups excluding carboxylic acids is 3. The summed E-state index contributed by atoms with van der Waals surface area (Å²) >= 11 is 1.19. The number of nitrogens with two attached hydrogens (primary N) is 4. The number of likely N-dealkylation sites (tertiary alicyclic amines) is 1. The normalized spacial score (nSPS) is 21.7. The summed E-state index contributed by atoms with van der Waals surface area (Å²) in [6, 6.07) is 16.0. The standard InChI is InChI=1S/C34H38N6O5S/c1-18-15-21(45-20-8-4-3-5-9-20)10-11-22(18)34(38)23-12-13-24(35)29-26(23)27(28(37)31(34)41)30(46-29)32(42)39-19-7-6-14-40(16-19)33(43)25(36)17-44-2/h3-5,8-13,15,19,25,28H,6-7,14,16-17,35-38H2,1-2H3,(H,39,42)/t19-,25-,28?,34?/m1/s1. The molecule has 2 unspecified atom stereocenters. The Hall–Kier alpha value is -4.33. The van der Waals surface area contributed by atoms with Crippen molar-refractivity contribution in [2.24, 2.45) is 17.2 Å². The second-order valence-electron chi connectivity index (χ2n) is 12.0. The first kappa shape index (κ1) is 31.6. The second-order valence-corrected chi connectivity index (χ2v) is 13.0. The average Bonchev–Trinajstić information content (AvgIpc) is 3.46. The molecule has 1 aromatic heterocycles. The minimum atomic E-state index is -1.59. The maximum absolute atomic E-state index is 14.3. The summed E-state index contributed by atoms with van der Waals surface area (Å²) in [7, 11) is 1.49. The van der Waals surface area contributed by atoms with E-state index < -0.39 is 23.4 Å². The average molecular weight is 643 g/mol. The van der Waals surface area contributed by atoms with Crippen molar-refractivity contribution < 1.29 is 23.9 Å². The molecule has 2 amide bonds. The molecule has 1 fully saturated rings. The maximum Gasteiger partial charge on any atom is 0.262 e. The Balaban J connectivity index is 1.34.